The maximum absolute atomic E-state index is 10.8. The van der Waals surface area contributed by atoms with E-state index in [4.69, 9.17) is 9.47 Å². The third kappa shape index (κ3) is 5.18. The predicted molar refractivity (Wildman–Crippen MR) is 72.9 cm³/mol. The van der Waals surface area contributed by atoms with Crippen LogP contribution in [0.1, 0.15) is 13.8 Å². The summed E-state index contributed by atoms with van der Waals surface area (Å²) in [6.07, 6.45) is 0. The summed E-state index contributed by atoms with van der Waals surface area (Å²) < 4.78 is 12.4. The van der Waals surface area contributed by atoms with Crippen LogP contribution in [0, 0.1) is 7.14 Å². The van der Waals surface area contributed by atoms with Crippen molar-refractivity contribution in [2.75, 3.05) is 0 Å². The maximum Gasteiger partial charge on any atom is 0.357 e. The van der Waals surface area contributed by atoms with Gasteiger partial charge in [-0.2, -0.15) is 0 Å². The van der Waals surface area contributed by atoms with Gasteiger partial charge in [0.1, 0.15) is 11.5 Å². The van der Waals surface area contributed by atoms with Crippen LogP contribution in [-0.2, 0) is 9.59 Å². The summed E-state index contributed by atoms with van der Waals surface area (Å²) in [5, 5.41) is 0. The third-order valence-corrected chi connectivity index (χ3v) is 5.05. The van der Waals surface area contributed by atoms with Crippen molar-refractivity contribution < 1.29 is 40.3 Å². The molecule has 0 spiro atoms. The standard InChI is InChI=1S/C16H14IO4/c1-11(18)20-15-7-3-13(4-8-15)17-14-5-9-16(10-6-14)21-12(2)19/h3-10H,1-2H3/q+1. The first-order valence-electron chi connectivity index (χ1n) is 6.25. The molecule has 0 amide bonds. The van der Waals surface area contributed by atoms with E-state index in [9.17, 15) is 9.59 Å². The van der Waals surface area contributed by atoms with Gasteiger partial charge < -0.3 is 9.47 Å². The van der Waals surface area contributed by atoms with Gasteiger partial charge in [-0.15, -0.1) is 0 Å². The minimum atomic E-state index is -0.321. The van der Waals surface area contributed by atoms with Crippen LogP contribution in [0.2, 0.25) is 0 Å². The molecule has 2 rings (SSSR count). The number of ether oxygens (including phenoxy) is 2. The minimum absolute atomic E-state index is 0.320. The van der Waals surface area contributed by atoms with E-state index in [2.05, 4.69) is 0 Å². The molecule has 5 heteroatoms. The Balaban J connectivity index is 2.01. The lowest BCUT2D eigenvalue weighted by atomic mass is 10.3. The first kappa shape index (κ1) is 15.5. The highest BCUT2D eigenvalue weighted by Gasteiger charge is 2.15. The molecule has 0 aromatic heterocycles. The molecule has 0 aliphatic heterocycles. The van der Waals surface area contributed by atoms with E-state index in [0.29, 0.717) is 11.5 Å². The number of carbonyl (C=O) groups excluding carboxylic acids is 2. The number of rotatable bonds is 4. The van der Waals surface area contributed by atoms with Crippen LogP contribution in [0.3, 0.4) is 0 Å². The predicted octanol–water partition coefficient (Wildman–Crippen LogP) is -0.334. The molecule has 0 N–H and O–H groups in total. The van der Waals surface area contributed by atoms with E-state index in [1.165, 1.54) is 21.0 Å². The van der Waals surface area contributed by atoms with Crippen molar-refractivity contribution in [2.45, 2.75) is 13.8 Å². The molecular formula is C16H14IO4+. The summed E-state index contributed by atoms with van der Waals surface area (Å²) in [4.78, 5) is 21.7. The van der Waals surface area contributed by atoms with Crippen molar-refractivity contribution in [3.8, 4) is 11.5 Å². The molecule has 0 aliphatic carbocycles. The lowest BCUT2D eigenvalue weighted by Crippen LogP contribution is -3.61. The third-order valence-electron chi connectivity index (χ3n) is 2.37. The number of carbonyl (C=O) groups is 2. The van der Waals surface area contributed by atoms with Crippen LogP contribution >= 0.6 is 0 Å². The molecule has 0 unspecified atom stereocenters. The highest BCUT2D eigenvalue weighted by atomic mass is 127. The largest absolute Gasteiger partial charge is 0.427 e. The van der Waals surface area contributed by atoms with Crippen LogP contribution in [0.25, 0.3) is 0 Å². The van der Waals surface area contributed by atoms with Crippen molar-refractivity contribution in [3.05, 3.63) is 55.7 Å². The monoisotopic (exact) mass is 397 g/mol. The summed E-state index contributed by atoms with van der Waals surface area (Å²) in [7, 11) is 0. The van der Waals surface area contributed by atoms with Gasteiger partial charge in [-0.05, 0) is 48.5 Å². The van der Waals surface area contributed by atoms with Crippen LogP contribution < -0.4 is 30.7 Å². The van der Waals surface area contributed by atoms with E-state index in [1.54, 1.807) is 24.3 Å². The zero-order chi connectivity index (χ0) is 15.2. The smallest absolute Gasteiger partial charge is 0.357 e. The Hall–Kier alpha value is -1.89. The average Bonchev–Trinajstić information content (AvgIpc) is 2.42. The number of benzene rings is 2. The Morgan fingerprint density at radius 1 is 0.714 bits per heavy atom. The maximum atomic E-state index is 10.8. The first-order valence-corrected chi connectivity index (χ1v) is 8.40. The Kier molecular flexibility index (Phi) is 5.32. The highest BCUT2D eigenvalue weighted by molar-refractivity contribution is 5.69. The second-order valence-electron chi connectivity index (χ2n) is 4.19. The number of halogens is 1. The minimum Gasteiger partial charge on any atom is -0.427 e. The van der Waals surface area contributed by atoms with E-state index >= 15 is 0 Å². The van der Waals surface area contributed by atoms with Crippen molar-refractivity contribution in [3.63, 3.8) is 0 Å². The zero-order valence-corrected chi connectivity index (χ0v) is 13.8. The fourth-order valence-electron chi connectivity index (χ4n) is 1.59. The Morgan fingerprint density at radius 3 is 1.33 bits per heavy atom. The van der Waals surface area contributed by atoms with Crippen LogP contribution in [-0.4, -0.2) is 11.9 Å². The van der Waals surface area contributed by atoms with E-state index in [-0.39, 0.29) is 33.1 Å². The van der Waals surface area contributed by atoms with Gasteiger partial charge in [-0.25, -0.2) is 0 Å². The molecule has 0 radical (unpaired) electrons. The van der Waals surface area contributed by atoms with Crippen molar-refractivity contribution in [2.24, 2.45) is 0 Å². The second-order valence-corrected chi connectivity index (χ2v) is 7.22. The molecule has 0 bridgehead atoms. The van der Waals surface area contributed by atoms with E-state index in [1.807, 2.05) is 24.3 Å². The molecule has 0 saturated heterocycles. The molecule has 21 heavy (non-hydrogen) atoms. The van der Waals surface area contributed by atoms with Crippen molar-refractivity contribution in [1.82, 2.24) is 0 Å². The molecule has 108 valence electrons. The summed E-state index contributed by atoms with van der Waals surface area (Å²) in [5.41, 5.74) is 0. The fraction of sp³-hybridized carbons (Fsp3) is 0.125. The lowest BCUT2D eigenvalue weighted by molar-refractivity contribution is -0.597. The summed E-state index contributed by atoms with van der Waals surface area (Å²) in [6.45, 7) is 2.76. The molecule has 0 atom stereocenters. The highest BCUT2D eigenvalue weighted by Crippen LogP contribution is 2.09. The number of esters is 2. The summed E-state index contributed by atoms with van der Waals surface area (Å²) >= 11 is -0.320. The van der Waals surface area contributed by atoms with Gasteiger partial charge in [0.05, 0.1) is 0 Å². The van der Waals surface area contributed by atoms with Gasteiger partial charge >= 0.3 is 33.1 Å². The van der Waals surface area contributed by atoms with E-state index in [0.717, 1.165) is 0 Å². The Morgan fingerprint density at radius 2 is 1.05 bits per heavy atom. The SMILES string of the molecule is CC(=O)Oc1ccc([I+]c2ccc(OC(C)=O)cc2)cc1. The molecule has 2 aromatic carbocycles. The summed E-state index contributed by atoms with van der Waals surface area (Å²) in [6, 6.07) is 15.0. The number of hydrogen-bond donors (Lipinski definition) is 0. The van der Waals surface area contributed by atoms with Gasteiger partial charge in [-0.3, -0.25) is 9.59 Å². The number of hydrogen-bond acceptors (Lipinski definition) is 4. The summed E-state index contributed by atoms with van der Waals surface area (Å²) in [5.74, 6) is 0.470. The topological polar surface area (TPSA) is 52.6 Å². The molecular weight excluding hydrogens is 383 g/mol. The van der Waals surface area contributed by atoms with Crippen LogP contribution in [0.15, 0.2) is 48.5 Å². The van der Waals surface area contributed by atoms with Crippen LogP contribution in [0.4, 0.5) is 0 Å². The molecule has 0 heterocycles. The average molecular weight is 397 g/mol. The van der Waals surface area contributed by atoms with Gasteiger partial charge in [0.15, 0.2) is 7.14 Å². The van der Waals surface area contributed by atoms with Gasteiger partial charge in [0.25, 0.3) is 0 Å². The quantitative estimate of drug-likeness (QED) is 0.403. The van der Waals surface area contributed by atoms with Crippen molar-refractivity contribution in [1.29, 1.82) is 0 Å². The van der Waals surface area contributed by atoms with Crippen LogP contribution in [0.5, 0.6) is 11.5 Å². The Labute approximate surface area is 133 Å². The van der Waals surface area contributed by atoms with Gasteiger partial charge in [0.2, 0.25) is 0 Å². The molecule has 4 nitrogen and oxygen atoms in total. The Bertz CT molecular complexity index is 575. The molecule has 0 saturated carbocycles. The molecule has 0 aliphatic rings. The molecule has 0 fully saturated rings. The first-order chi connectivity index (χ1) is 10.0. The molecule has 2 aromatic rings. The van der Waals surface area contributed by atoms with Crippen molar-refractivity contribution >= 4 is 11.9 Å². The van der Waals surface area contributed by atoms with Gasteiger partial charge in [-0.1, -0.05) is 0 Å². The lowest BCUT2D eigenvalue weighted by Gasteiger charge is -1.99. The normalized spacial score (nSPS) is 10.0. The van der Waals surface area contributed by atoms with Gasteiger partial charge in [0, 0.05) is 13.8 Å². The van der Waals surface area contributed by atoms with E-state index < -0.39 is 0 Å². The zero-order valence-electron chi connectivity index (χ0n) is 11.6. The second kappa shape index (κ2) is 7.21. The fourth-order valence-corrected chi connectivity index (χ4v) is 3.75.